The fraction of sp³-hybridized carbons (Fsp3) is 0.500. The van der Waals surface area contributed by atoms with Crippen LogP contribution in [0.5, 0.6) is 0 Å². The number of benzene rings is 1. The third-order valence-electron chi connectivity index (χ3n) is 3.45. The molecule has 0 aliphatic carbocycles. The molecule has 0 bridgehead atoms. The molecule has 1 aromatic carbocycles. The van der Waals surface area contributed by atoms with E-state index in [0.29, 0.717) is 17.9 Å². The zero-order chi connectivity index (χ0) is 14.0. The van der Waals surface area contributed by atoms with Crippen molar-refractivity contribution in [3.8, 4) is 0 Å². The third-order valence-corrected chi connectivity index (χ3v) is 4.36. The zero-order valence-electron chi connectivity index (χ0n) is 10.6. The van der Waals surface area contributed by atoms with E-state index in [4.69, 9.17) is 10.9 Å². The van der Waals surface area contributed by atoms with E-state index < -0.39 is 10.0 Å². The van der Waals surface area contributed by atoms with Crippen LogP contribution >= 0.6 is 0 Å². The van der Waals surface area contributed by atoms with Gasteiger partial charge in [0.05, 0.1) is 16.3 Å². The van der Waals surface area contributed by atoms with Crippen molar-refractivity contribution in [3.63, 3.8) is 0 Å². The number of hydrogen-bond acceptors (Lipinski definition) is 5. The first-order chi connectivity index (χ1) is 8.91. The summed E-state index contributed by atoms with van der Waals surface area (Å²) in [6.07, 6.45) is 1.92. The van der Waals surface area contributed by atoms with Crippen LogP contribution in [-0.2, 0) is 10.0 Å². The zero-order valence-corrected chi connectivity index (χ0v) is 11.4. The number of piperidine rings is 1. The lowest BCUT2D eigenvalue weighted by Gasteiger charge is -2.34. The SMILES string of the molecule is Nc1ccc(S(N)(=O)=O)cc1N1CCCC(CO)C1. The molecule has 19 heavy (non-hydrogen) atoms. The molecule has 0 aromatic heterocycles. The van der Waals surface area contributed by atoms with Gasteiger partial charge in [-0.15, -0.1) is 0 Å². The van der Waals surface area contributed by atoms with Crippen LogP contribution in [0.2, 0.25) is 0 Å². The van der Waals surface area contributed by atoms with Gasteiger partial charge in [-0.1, -0.05) is 0 Å². The highest BCUT2D eigenvalue weighted by Gasteiger charge is 2.22. The Bertz CT molecular complexity index is 559. The maximum absolute atomic E-state index is 11.4. The molecule has 1 aliphatic heterocycles. The van der Waals surface area contributed by atoms with Gasteiger partial charge in [0.15, 0.2) is 0 Å². The first-order valence-electron chi connectivity index (χ1n) is 6.20. The van der Waals surface area contributed by atoms with Crippen molar-refractivity contribution in [2.45, 2.75) is 17.7 Å². The maximum Gasteiger partial charge on any atom is 0.238 e. The Labute approximate surface area is 113 Å². The standard InChI is InChI=1S/C12H19N3O3S/c13-11-4-3-10(19(14,17)18)6-12(11)15-5-1-2-9(7-15)8-16/h3-4,6,9,16H,1-2,5,7-8,13H2,(H2,14,17,18). The first kappa shape index (κ1) is 14.1. The van der Waals surface area contributed by atoms with Gasteiger partial charge < -0.3 is 15.7 Å². The number of aliphatic hydroxyl groups is 1. The summed E-state index contributed by atoms with van der Waals surface area (Å²) in [5.74, 6) is 0.200. The second-order valence-corrected chi connectivity index (χ2v) is 6.46. The Morgan fingerprint density at radius 3 is 2.79 bits per heavy atom. The summed E-state index contributed by atoms with van der Waals surface area (Å²) in [6, 6.07) is 4.46. The maximum atomic E-state index is 11.4. The van der Waals surface area contributed by atoms with E-state index in [0.717, 1.165) is 19.4 Å². The number of nitrogens with zero attached hydrogens (tertiary/aromatic N) is 1. The largest absolute Gasteiger partial charge is 0.397 e. The number of sulfonamides is 1. The van der Waals surface area contributed by atoms with Crippen molar-refractivity contribution in [3.05, 3.63) is 18.2 Å². The number of primary sulfonamides is 1. The highest BCUT2D eigenvalue weighted by atomic mass is 32.2. The Morgan fingerprint density at radius 2 is 2.16 bits per heavy atom. The van der Waals surface area contributed by atoms with E-state index in [1.165, 1.54) is 12.1 Å². The van der Waals surface area contributed by atoms with E-state index in [9.17, 15) is 13.5 Å². The fourth-order valence-corrected chi connectivity index (χ4v) is 2.94. The van der Waals surface area contributed by atoms with Crippen molar-refractivity contribution in [2.24, 2.45) is 11.1 Å². The normalized spacial score (nSPS) is 20.5. The average Bonchev–Trinajstić information content (AvgIpc) is 2.38. The summed E-state index contributed by atoms with van der Waals surface area (Å²) in [7, 11) is -3.73. The third kappa shape index (κ3) is 3.17. The van der Waals surface area contributed by atoms with Crippen molar-refractivity contribution in [1.82, 2.24) is 0 Å². The summed E-state index contributed by atoms with van der Waals surface area (Å²) in [4.78, 5) is 2.07. The molecule has 0 spiro atoms. The van der Waals surface area contributed by atoms with Crippen molar-refractivity contribution < 1.29 is 13.5 Å². The average molecular weight is 285 g/mol. The summed E-state index contributed by atoms with van der Waals surface area (Å²) in [5, 5.41) is 14.4. The molecule has 1 saturated heterocycles. The molecule has 106 valence electrons. The Kier molecular flexibility index (Phi) is 3.98. The summed E-state index contributed by atoms with van der Waals surface area (Å²) in [6.45, 7) is 1.61. The number of aliphatic hydroxyl groups excluding tert-OH is 1. The van der Waals surface area contributed by atoms with E-state index in [1.807, 2.05) is 4.90 Å². The Balaban J connectivity index is 2.33. The predicted octanol–water partition coefficient (Wildman–Crippen LogP) is 0.125. The molecule has 2 rings (SSSR count). The minimum Gasteiger partial charge on any atom is -0.397 e. The topological polar surface area (TPSA) is 110 Å². The van der Waals surface area contributed by atoms with Gasteiger partial charge in [0.25, 0.3) is 0 Å². The van der Waals surface area contributed by atoms with Crippen LogP contribution in [0, 0.1) is 5.92 Å². The molecule has 1 atom stereocenters. The molecule has 1 fully saturated rings. The number of hydrogen-bond donors (Lipinski definition) is 3. The minimum atomic E-state index is -3.73. The van der Waals surface area contributed by atoms with Crippen molar-refractivity contribution >= 4 is 21.4 Å². The summed E-state index contributed by atoms with van der Waals surface area (Å²) in [5.41, 5.74) is 7.10. The molecule has 0 amide bonds. The molecule has 6 nitrogen and oxygen atoms in total. The van der Waals surface area contributed by atoms with Crippen LogP contribution < -0.4 is 15.8 Å². The summed E-state index contributed by atoms with van der Waals surface area (Å²) >= 11 is 0. The van der Waals surface area contributed by atoms with Gasteiger partial charge in [0.1, 0.15) is 0 Å². The number of rotatable bonds is 3. The molecule has 0 saturated carbocycles. The molecule has 1 aromatic rings. The second-order valence-electron chi connectivity index (χ2n) is 4.90. The molecular formula is C12H19N3O3S. The van der Waals surface area contributed by atoms with Crippen molar-refractivity contribution in [2.75, 3.05) is 30.3 Å². The quantitative estimate of drug-likeness (QED) is 0.684. The van der Waals surface area contributed by atoms with Gasteiger partial charge in [-0.25, -0.2) is 13.6 Å². The van der Waals surface area contributed by atoms with Gasteiger partial charge in [-0.3, -0.25) is 0 Å². The lowest BCUT2D eigenvalue weighted by Crippen LogP contribution is -2.37. The second kappa shape index (κ2) is 5.36. The fourth-order valence-electron chi connectivity index (χ4n) is 2.41. The summed E-state index contributed by atoms with van der Waals surface area (Å²) < 4.78 is 22.8. The highest BCUT2D eigenvalue weighted by Crippen LogP contribution is 2.30. The van der Waals surface area contributed by atoms with E-state index in [-0.39, 0.29) is 17.4 Å². The van der Waals surface area contributed by atoms with Crippen LogP contribution in [0.3, 0.4) is 0 Å². The van der Waals surface area contributed by atoms with Gasteiger partial charge in [0.2, 0.25) is 10.0 Å². The van der Waals surface area contributed by atoms with Crippen molar-refractivity contribution in [1.29, 1.82) is 0 Å². The lowest BCUT2D eigenvalue weighted by molar-refractivity contribution is 0.209. The van der Waals surface area contributed by atoms with Gasteiger partial charge in [-0.2, -0.15) is 0 Å². The molecular weight excluding hydrogens is 266 g/mol. The van der Waals surface area contributed by atoms with Gasteiger partial charge in [0, 0.05) is 19.7 Å². The van der Waals surface area contributed by atoms with Crippen LogP contribution in [-0.4, -0.2) is 33.2 Å². The molecule has 1 unspecified atom stereocenters. The van der Waals surface area contributed by atoms with Crippen LogP contribution in [0.1, 0.15) is 12.8 Å². The van der Waals surface area contributed by atoms with Crippen LogP contribution in [0.25, 0.3) is 0 Å². The smallest absolute Gasteiger partial charge is 0.238 e. The number of anilines is 2. The van der Waals surface area contributed by atoms with Crippen LogP contribution in [0.4, 0.5) is 11.4 Å². The molecule has 0 radical (unpaired) electrons. The molecule has 1 aliphatic rings. The monoisotopic (exact) mass is 285 g/mol. The van der Waals surface area contributed by atoms with Gasteiger partial charge >= 0.3 is 0 Å². The van der Waals surface area contributed by atoms with Gasteiger partial charge in [-0.05, 0) is 37.0 Å². The first-order valence-corrected chi connectivity index (χ1v) is 7.74. The van der Waals surface area contributed by atoms with E-state index in [1.54, 1.807) is 6.07 Å². The molecule has 5 N–H and O–H groups in total. The Morgan fingerprint density at radius 1 is 1.42 bits per heavy atom. The minimum absolute atomic E-state index is 0.0582. The highest BCUT2D eigenvalue weighted by molar-refractivity contribution is 7.89. The molecule has 1 heterocycles. The molecule has 7 heteroatoms. The number of nitrogens with two attached hydrogens (primary N) is 2. The number of nitrogen functional groups attached to an aromatic ring is 1. The van der Waals surface area contributed by atoms with Crippen LogP contribution in [0.15, 0.2) is 23.1 Å². The van der Waals surface area contributed by atoms with E-state index >= 15 is 0 Å². The Hall–Kier alpha value is -1.31. The lowest BCUT2D eigenvalue weighted by atomic mass is 9.98. The predicted molar refractivity (Wildman–Crippen MR) is 74.3 cm³/mol. The van der Waals surface area contributed by atoms with E-state index in [2.05, 4.69) is 0 Å².